The van der Waals surface area contributed by atoms with Gasteiger partial charge in [-0.25, -0.2) is 0 Å². The molecule has 1 unspecified atom stereocenters. The van der Waals surface area contributed by atoms with Crippen molar-refractivity contribution in [3.8, 4) is 6.07 Å². The molecule has 15 heavy (non-hydrogen) atoms. The Hall–Kier alpha value is -1.70. The second-order valence-electron chi connectivity index (χ2n) is 3.04. The normalized spacial score (nSPS) is 12.3. The summed E-state index contributed by atoms with van der Waals surface area (Å²) >= 11 is 6.03. The van der Waals surface area contributed by atoms with E-state index in [2.05, 4.69) is 10.2 Å². The van der Waals surface area contributed by atoms with Crippen molar-refractivity contribution in [3.63, 3.8) is 0 Å². The molecule has 0 radical (unpaired) electrons. The molecule has 0 spiro atoms. The van der Waals surface area contributed by atoms with Gasteiger partial charge in [-0.3, -0.25) is 0 Å². The van der Waals surface area contributed by atoms with E-state index in [1.165, 1.54) is 0 Å². The summed E-state index contributed by atoms with van der Waals surface area (Å²) < 4.78 is 0. The Morgan fingerprint density at radius 2 is 2.27 bits per heavy atom. The van der Waals surface area contributed by atoms with Gasteiger partial charge >= 0.3 is 0 Å². The predicted octanol–water partition coefficient (Wildman–Crippen LogP) is 1.81. The first-order chi connectivity index (χ1) is 7.24. The molecule has 5 heteroatoms. The molecule has 0 amide bonds. The van der Waals surface area contributed by atoms with Gasteiger partial charge in [0.25, 0.3) is 0 Å². The van der Waals surface area contributed by atoms with Gasteiger partial charge in [0.2, 0.25) is 0 Å². The molecule has 0 saturated carbocycles. The minimum Gasteiger partial charge on any atom is -0.311 e. The number of nitriles is 1. The average Bonchev–Trinajstić information content (AvgIpc) is 2.28. The average molecular weight is 219 g/mol. The molecule has 2 N–H and O–H groups in total. The first kappa shape index (κ1) is 9.84. The van der Waals surface area contributed by atoms with Crippen LogP contribution in [0.5, 0.6) is 0 Å². The van der Waals surface area contributed by atoms with Crippen molar-refractivity contribution in [1.82, 2.24) is 10.2 Å². The van der Waals surface area contributed by atoms with Crippen LogP contribution in [-0.4, -0.2) is 10.2 Å². The summed E-state index contributed by atoms with van der Waals surface area (Å²) in [6.45, 7) is 0. The maximum Gasteiger partial charge on any atom is 0.138 e. The molecule has 1 aromatic carbocycles. The van der Waals surface area contributed by atoms with Crippen molar-refractivity contribution in [2.45, 2.75) is 6.04 Å². The van der Waals surface area contributed by atoms with Gasteiger partial charge in [-0.2, -0.15) is 15.5 Å². The smallest absolute Gasteiger partial charge is 0.138 e. The quantitative estimate of drug-likeness (QED) is 0.792. The van der Waals surface area contributed by atoms with Crippen LogP contribution < -0.4 is 5.73 Å². The lowest BCUT2D eigenvalue weighted by atomic mass is 10.1. The molecule has 4 nitrogen and oxygen atoms in total. The summed E-state index contributed by atoms with van der Waals surface area (Å²) in [5.41, 5.74) is 6.02. The van der Waals surface area contributed by atoms with Crippen LogP contribution in [0.25, 0.3) is 10.8 Å². The number of hydrogen-bond acceptors (Lipinski definition) is 4. The van der Waals surface area contributed by atoms with Crippen molar-refractivity contribution in [1.29, 1.82) is 5.26 Å². The molecule has 0 aliphatic carbocycles. The van der Waals surface area contributed by atoms with E-state index in [0.29, 0.717) is 16.1 Å². The molecule has 2 aromatic rings. The fourth-order valence-electron chi connectivity index (χ4n) is 1.40. The molecule has 1 heterocycles. The third kappa shape index (κ3) is 1.63. The lowest BCUT2D eigenvalue weighted by Gasteiger charge is -2.06. The Balaban J connectivity index is 2.81. The summed E-state index contributed by atoms with van der Waals surface area (Å²) in [5, 5.41) is 18.5. The van der Waals surface area contributed by atoms with Crippen LogP contribution in [0, 0.1) is 11.3 Å². The highest BCUT2D eigenvalue weighted by molar-refractivity contribution is 6.35. The summed E-state index contributed by atoms with van der Waals surface area (Å²) in [6.07, 6.45) is 1.59. The van der Waals surface area contributed by atoms with E-state index in [-0.39, 0.29) is 0 Å². The van der Waals surface area contributed by atoms with E-state index in [1.807, 2.05) is 18.2 Å². The van der Waals surface area contributed by atoms with Crippen molar-refractivity contribution < 1.29 is 0 Å². The summed E-state index contributed by atoms with van der Waals surface area (Å²) in [5.74, 6) is 0. The number of nitrogens with zero attached hydrogens (tertiary/aromatic N) is 3. The number of nitrogens with two attached hydrogens (primary N) is 1. The lowest BCUT2D eigenvalue weighted by molar-refractivity contribution is 0.841. The number of halogens is 1. The Kier molecular flexibility index (Phi) is 2.50. The van der Waals surface area contributed by atoms with E-state index in [9.17, 15) is 0 Å². The summed E-state index contributed by atoms with van der Waals surface area (Å²) in [4.78, 5) is 0. The summed E-state index contributed by atoms with van der Waals surface area (Å²) in [6, 6.07) is 6.51. The third-order valence-electron chi connectivity index (χ3n) is 2.10. The number of rotatable bonds is 1. The van der Waals surface area contributed by atoms with E-state index in [0.717, 1.165) is 5.39 Å². The van der Waals surface area contributed by atoms with Crippen LogP contribution in [-0.2, 0) is 0 Å². The van der Waals surface area contributed by atoms with Gasteiger partial charge in [-0.15, -0.1) is 0 Å². The number of aromatic nitrogens is 2. The first-order valence-electron chi connectivity index (χ1n) is 4.29. The Bertz CT molecular complexity index is 541. The van der Waals surface area contributed by atoms with Crippen LogP contribution in [0.3, 0.4) is 0 Å². The second kappa shape index (κ2) is 3.81. The number of fused-ring (bicyclic) bond motifs is 1. The van der Waals surface area contributed by atoms with E-state index in [4.69, 9.17) is 22.6 Å². The maximum atomic E-state index is 8.75. The van der Waals surface area contributed by atoms with Crippen LogP contribution >= 0.6 is 11.6 Å². The molecule has 0 aliphatic heterocycles. The highest BCUT2D eigenvalue weighted by atomic mass is 35.5. The highest BCUT2D eigenvalue weighted by Crippen LogP contribution is 2.27. The van der Waals surface area contributed by atoms with Crippen LogP contribution in [0.2, 0.25) is 5.02 Å². The molecule has 0 aliphatic rings. The SMILES string of the molecule is N#CC(N)c1nncc2cccc(Cl)c12. The van der Waals surface area contributed by atoms with E-state index < -0.39 is 6.04 Å². The molecule has 1 aromatic heterocycles. The largest absolute Gasteiger partial charge is 0.311 e. The van der Waals surface area contributed by atoms with Gasteiger partial charge in [0, 0.05) is 10.8 Å². The molecule has 74 valence electrons. The first-order valence-corrected chi connectivity index (χ1v) is 4.67. The van der Waals surface area contributed by atoms with Crippen molar-refractivity contribution >= 4 is 22.4 Å². The van der Waals surface area contributed by atoms with Crippen molar-refractivity contribution in [2.24, 2.45) is 5.73 Å². The van der Waals surface area contributed by atoms with Crippen LogP contribution in [0.4, 0.5) is 0 Å². The third-order valence-corrected chi connectivity index (χ3v) is 2.41. The zero-order valence-corrected chi connectivity index (χ0v) is 8.44. The lowest BCUT2D eigenvalue weighted by Crippen LogP contribution is -2.11. The molecule has 0 fully saturated rings. The molecule has 1 atom stereocenters. The topological polar surface area (TPSA) is 75.6 Å². The van der Waals surface area contributed by atoms with Gasteiger partial charge in [0.05, 0.1) is 17.3 Å². The minimum absolute atomic E-state index is 0.417. The minimum atomic E-state index is -0.805. The zero-order chi connectivity index (χ0) is 10.8. The van der Waals surface area contributed by atoms with Gasteiger partial charge in [0.1, 0.15) is 11.7 Å². The van der Waals surface area contributed by atoms with Crippen molar-refractivity contribution in [2.75, 3.05) is 0 Å². The second-order valence-corrected chi connectivity index (χ2v) is 3.45. The summed E-state index contributed by atoms with van der Waals surface area (Å²) in [7, 11) is 0. The molecular formula is C10H7ClN4. The van der Waals surface area contributed by atoms with Crippen molar-refractivity contribution in [3.05, 3.63) is 35.1 Å². The molecular weight excluding hydrogens is 212 g/mol. The Labute approximate surface area is 91.3 Å². The number of benzene rings is 1. The van der Waals surface area contributed by atoms with Gasteiger partial charge in [-0.1, -0.05) is 23.7 Å². The monoisotopic (exact) mass is 218 g/mol. The molecule has 0 saturated heterocycles. The van der Waals surface area contributed by atoms with Crippen LogP contribution in [0.1, 0.15) is 11.7 Å². The fraction of sp³-hybridized carbons (Fsp3) is 0.100. The Morgan fingerprint density at radius 1 is 1.47 bits per heavy atom. The van der Waals surface area contributed by atoms with Gasteiger partial charge < -0.3 is 5.73 Å². The van der Waals surface area contributed by atoms with Gasteiger partial charge in [0.15, 0.2) is 0 Å². The molecule has 2 rings (SSSR count). The fourth-order valence-corrected chi connectivity index (χ4v) is 1.68. The predicted molar refractivity (Wildman–Crippen MR) is 57.1 cm³/mol. The van der Waals surface area contributed by atoms with Crippen LogP contribution in [0.15, 0.2) is 24.4 Å². The van der Waals surface area contributed by atoms with E-state index in [1.54, 1.807) is 12.3 Å². The molecule has 0 bridgehead atoms. The zero-order valence-electron chi connectivity index (χ0n) is 7.68. The maximum absolute atomic E-state index is 8.75. The number of hydrogen-bond donors (Lipinski definition) is 1. The Morgan fingerprint density at radius 3 is 3.00 bits per heavy atom. The van der Waals surface area contributed by atoms with Gasteiger partial charge in [-0.05, 0) is 6.07 Å². The van der Waals surface area contributed by atoms with E-state index >= 15 is 0 Å². The highest BCUT2D eigenvalue weighted by Gasteiger charge is 2.13. The standard InChI is InChI=1S/C10H7ClN4/c11-7-3-1-2-6-5-14-15-10(9(6)7)8(13)4-12/h1-3,5,8H,13H2.